The molecule has 0 fully saturated rings. The van der Waals surface area contributed by atoms with E-state index >= 15 is 0 Å². The third-order valence-corrected chi connectivity index (χ3v) is 4.42. The lowest BCUT2D eigenvalue weighted by Gasteiger charge is -2.23. The number of nitrogens with one attached hydrogen (secondary N) is 1. The maximum absolute atomic E-state index is 12.7. The van der Waals surface area contributed by atoms with Gasteiger partial charge >= 0.3 is 6.18 Å². The van der Waals surface area contributed by atoms with Crippen LogP contribution < -0.4 is 5.32 Å². The summed E-state index contributed by atoms with van der Waals surface area (Å²) < 4.78 is 38.2. The van der Waals surface area contributed by atoms with Gasteiger partial charge < -0.3 is 5.32 Å². The fourth-order valence-corrected chi connectivity index (χ4v) is 2.95. The number of allylic oxidation sites excluding steroid dienone is 1. The summed E-state index contributed by atoms with van der Waals surface area (Å²) in [6.45, 7) is 3.73. The predicted molar refractivity (Wildman–Crippen MR) is 104 cm³/mol. The summed E-state index contributed by atoms with van der Waals surface area (Å²) in [5.41, 5.74) is 1.03. The summed E-state index contributed by atoms with van der Waals surface area (Å²) in [6, 6.07) is 15.7. The van der Waals surface area contributed by atoms with Gasteiger partial charge in [0.05, 0.1) is 6.04 Å². The van der Waals surface area contributed by atoms with Gasteiger partial charge in [0, 0.05) is 0 Å². The number of carbonyl (C=O) groups is 2. The lowest BCUT2D eigenvalue weighted by atomic mass is 9.95. The van der Waals surface area contributed by atoms with Gasteiger partial charge in [0.2, 0.25) is 5.91 Å². The Morgan fingerprint density at radius 3 is 2.41 bits per heavy atom. The zero-order valence-corrected chi connectivity index (χ0v) is 15.2. The monoisotopic (exact) mass is 398 g/mol. The number of carbonyl (C=O) groups excluding carboxylic acids is 2. The number of nitrogens with zero attached hydrogens (tertiary/aromatic N) is 1. The third-order valence-electron chi connectivity index (χ3n) is 4.42. The molecule has 148 valence electrons. The number of halogens is 3. The van der Waals surface area contributed by atoms with E-state index in [4.69, 9.17) is 0 Å². The van der Waals surface area contributed by atoms with Crippen LogP contribution in [-0.2, 0) is 9.59 Å². The molecule has 0 aromatic heterocycles. The average molecular weight is 398 g/mol. The molecule has 3 rings (SSSR count). The van der Waals surface area contributed by atoms with Gasteiger partial charge in [-0.05, 0) is 28.8 Å². The fourth-order valence-electron chi connectivity index (χ4n) is 2.95. The Morgan fingerprint density at radius 1 is 1.10 bits per heavy atom. The van der Waals surface area contributed by atoms with E-state index in [0.29, 0.717) is 6.08 Å². The van der Waals surface area contributed by atoms with E-state index in [1.165, 1.54) is 0 Å². The minimum Gasteiger partial charge on any atom is -0.344 e. The van der Waals surface area contributed by atoms with Gasteiger partial charge in [-0.3, -0.25) is 9.59 Å². The Balaban J connectivity index is 1.88. The van der Waals surface area contributed by atoms with Crippen molar-refractivity contribution < 1.29 is 22.8 Å². The summed E-state index contributed by atoms with van der Waals surface area (Å²) >= 11 is 0. The second kappa shape index (κ2) is 8.26. The highest BCUT2D eigenvalue weighted by atomic mass is 19.4. The van der Waals surface area contributed by atoms with Crippen LogP contribution in [0.4, 0.5) is 13.2 Å². The highest BCUT2D eigenvalue weighted by Gasteiger charge is 2.39. The van der Waals surface area contributed by atoms with Crippen molar-refractivity contribution in [3.8, 4) is 0 Å². The lowest BCUT2D eigenvalue weighted by molar-refractivity contribution is -0.132. The molecule has 0 spiro atoms. The molecule has 0 aliphatic carbocycles. The number of dihydropyridines is 1. The van der Waals surface area contributed by atoms with Crippen LogP contribution in [0, 0.1) is 5.92 Å². The second-order valence-electron chi connectivity index (χ2n) is 6.40. The molecule has 0 saturated carbocycles. The largest absolute Gasteiger partial charge is 0.433 e. The lowest BCUT2D eigenvalue weighted by Crippen LogP contribution is -2.39. The summed E-state index contributed by atoms with van der Waals surface area (Å²) in [6.07, 6.45) is -1.50. The maximum Gasteiger partial charge on any atom is 0.433 e. The zero-order chi connectivity index (χ0) is 21.0. The zero-order valence-electron chi connectivity index (χ0n) is 15.2. The predicted octanol–water partition coefficient (Wildman–Crippen LogP) is 4.25. The first-order valence-corrected chi connectivity index (χ1v) is 8.75. The Bertz CT molecular complexity index is 995. The molecule has 7 heteroatoms. The number of benzene rings is 2. The van der Waals surface area contributed by atoms with E-state index in [-0.39, 0.29) is 0 Å². The Hall–Kier alpha value is -3.48. The van der Waals surface area contributed by atoms with Gasteiger partial charge in [-0.1, -0.05) is 67.3 Å². The van der Waals surface area contributed by atoms with Gasteiger partial charge in [-0.25, -0.2) is 4.99 Å². The highest BCUT2D eigenvalue weighted by molar-refractivity contribution is 6.14. The van der Waals surface area contributed by atoms with Crippen LogP contribution in [0.25, 0.3) is 6.08 Å². The van der Waals surface area contributed by atoms with Crippen LogP contribution in [0.15, 0.2) is 78.3 Å². The standard InChI is InChI=1S/C22H17F3N2O2/c1-2-14-7-6-10-16(13-14)19(15-8-4-3-5-9-15)27-21(29)17-11-12-18(22(23,24)25)26-20(17)28/h2-13,17,19H,1H2,(H,27,29). The van der Waals surface area contributed by atoms with Gasteiger partial charge in [0.15, 0.2) is 0 Å². The van der Waals surface area contributed by atoms with Gasteiger partial charge in [0.25, 0.3) is 5.91 Å². The van der Waals surface area contributed by atoms with Crippen molar-refractivity contribution in [1.82, 2.24) is 5.32 Å². The molecule has 2 amide bonds. The van der Waals surface area contributed by atoms with Gasteiger partial charge in [-0.15, -0.1) is 0 Å². The summed E-state index contributed by atoms with van der Waals surface area (Å²) in [5.74, 6) is -3.30. The Kier molecular flexibility index (Phi) is 5.77. The molecule has 1 N–H and O–H groups in total. The van der Waals surface area contributed by atoms with Crippen LogP contribution in [-0.4, -0.2) is 23.7 Å². The quantitative estimate of drug-likeness (QED) is 0.766. The number of rotatable bonds is 5. The molecule has 2 atom stereocenters. The van der Waals surface area contributed by atoms with E-state index in [9.17, 15) is 22.8 Å². The maximum atomic E-state index is 12.7. The molecule has 0 radical (unpaired) electrons. The van der Waals surface area contributed by atoms with E-state index in [1.54, 1.807) is 24.3 Å². The number of amides is 2. The molecule has 0 saturated heterocycles. The van der Waals surface area contributed by atoms with E-state index in [0.717, 1.165) is 22.8 Å². The first-order chi connectivity index (χ1) is 13.8. The van der Waals surface area contributed by atoms with Crippen molar-refractivity contribution in [2.75, 3.05) is 0 Å². The first kappa shape index (κ1) is 20.3. The number of alkyl halides is 3. The normalized spacial score (nSPS) is 17.4. The van der Waals surface area contributed by atoms with Crippen molar-refractivity contribution in [3.05, 3.63) is 90.0 Å². The molecule has 2 aromatic carbocycles. The molecule has 1 aliphatic rings. The minimum absolute atomic E-state index is 0.599. The SMILES string of the molecule is C=Cc1cccc(C(NC(=O)C2C=CC(C(F)(F)F)=NC2=O)c2ccccc2)c1. The molecule has 2 aromatic rings. The topological polar surface area (TPSA) is 58.5 Å². The summed E-state index contributed by atoms with van der Waals surface area (Å²) in [5, 5.41) is 2.76. The number of hydrogen-bond acceptors (Lipinski definition) is 2. The van der Waals surface area contributed by atoms with Crippen LogP contribution in [0.5, 0.6) is 0 Å². The Labute approximate surface area is 165 Å². The third kappa shape index (κ3) is 4.68. The van der Waals surface area contributed by atoms with Gasteiger partial charge in [0.1, 0.15) is 11.6 Å². The smallest absolute Gasteiger partial charge is 0.344 e. The van der Waals surface area contributed by atoms with Crippen LogP contribution in [0.2, 0.25) is 0 Å². The van der Waals surface area contributed by atoms with Crippen molar-refractivity contribution in [3.63, 3.8) is 0 Å². The van der Waals surface area contributed by atoms with Crippen molar-refractivity contribution in [1.29, 1.82) is 0 Å². The van der Waals surface area contributed by atoms with Crippen molar-refractivity contribution in [2.24, 2.45) is 10.9 Å². The fraction of sp³-hybridized carbons (Fsp3) is 0.136. The van der Waals surface area contributed by atoms with Crippen molar-refractivity contribution in [2.45, 2.75) is 12.2 Å². The van der Waals surface area contributed by atoms with Crippen LogP contribution >= 0.6 is 0 Å². The summed E-state index contributed by atoms with van der Waals surface area (Å²) in [4.78, 5) is 27.8. The molecule has 1 heterocycles. The van der Waals surface area contributed by atoms with Crippen LogP contribution in [0.3, 0.4) is 0 Å². The Morgan fingerprint density at radius 2 is 1.79 bits per heavy atom. The van der Waals surface area contributed by atoms with E-state index in [1.807, 2.05) is 36.4 Å². The molecular weight excluding hydrogens is 381 g/mol. The minimum atomic E-state index is -4.74. The number of aliphatic imine (C=N–C) groups is 1. The molecule has 1 aliphatic heterocycles. The van der Waals surface area contributed by atoms with E-state index < -0.39 is 35.7 Å². The number of hydrogen-bond donors (Lipinski definition) is 1. The molecular formula is C22H17F3N2O2. The first-order valence-electron chi connectivity index (χ1n) is 8.75. The van der Waals surface area contributed by atoms with Crippen molar-refractivity contribution >= 4 is 23.6 Å². The second-order valence-corrected chi connectivity index (χ2v) is 6.40. The van der Waals surface area contributed by atoms with E-state index in [2.05, 4.69) is 16.9 Å². The highest BCUT2D eigenvalue weighted by Crippen LogP contribution is 2.26. The van der Waals surface area contributed by atoms with Gasteiger partial charge in [-0.2, -0.15) is 13.2 Å². The van der Waals surface area contributed by atoms with Crippen LogP contribution in [0.1, 0.15) is 22.7 Å². The molecule has 4 nitrogen and oxygen atoms in total. The molecule has 29 heavy (non-hydrogen) atoms. The molecule has 0 bridgehead atoms. The average Bonchev–Trinajstić information content (AvgIpc) is 2.71. The summed E-state index contributed by atoms with van der Waals surface area (Å²) in [7, 11) is 0. The molecule has 2 unspecified atom stereocenters.